The van der Waals surface area contributed by atoms with E-state index in [9.17, 15) is 22.8 Å². The quantitative estimate of drug-likeness (QED) is 0.251. The second-order valence-corrected chi connectivity index (χ2v) is 3.95. The van der Waals surface area contributed by atoms with Crippen molar-refractivity contribution in [1.29, 1.82) is 0 Å². The number of ether oxygens (including phenoxy) is 1. The first-order valence-electron chi connectivity index (χ1n) is 2.45. The summed E-state index contributed by atoms with van der Waals surface area (Å²) in [5.74, 6) is -4.64. The molecule has 78 valence electrons. The second-order valence-electron chi connectivity index (χ2n) is 1.67. The minimum atomic E-state index is -5.30. The van der Waals surface area contributed by atoms with Crippen LogP contribution in [0.25, 0.3) is 0 Å². The Balaban J connectivity index is -0.000000720. The van der Waals surface area contributed by atoms with Crippen LogP contribution in [-0.2, 0) is 14.3 Å². The van der Waals surface area contributed by atoms with Crippen molar-refractivity contribution in [3.63, 3.8) is 0 Å². The van der Waals surface area contributed by atoms with Crippen LogP contribution in [0.4, 0.5) is 13.2 Å². The fourth-order valence-corrected chi connectivity index (χ4v) is 0.316. The molecule has 0 aromatic carbocycles. The Kier molecular flexibility index (Phi) is 7.09. The maximum absolute atomic E-state index is 11.4. The molecular formula is C4HCl3F3NaO3. The van der Waals surface area contributed by atoms with E-state index in [0.29, 0.717) is 0 Å². The molecule has 0 aromatic heterocycles. The zero-order chi connectivity index (χ0) is 10.9. The predicted octanol–water partition coefficient (Wildman–Crippen LogP) is -0.895. The van der Waals surface area contributed by atoms with Gasteiger partial charge in [0, 0.05) is 0 Å². The van der Waals surface area contributed by atoms with E-state index in [2.05, 4.69) is 4.74 Å². The van der Waals surface area contributed by atoms with Gasteiger partial charge in [0.2, 0.25) is 0 Å². The van der Waals surface area contributed by atoms with Crippen LogP contribution in [0.3, 0.4) is 0 Å². The van der Waals surface area contributed by atoms with Crippen molar-refractivity contribution in [3.05, 3.63) is 0 Å². The van der Waals surface area contributed by atoms with E-state index in [0.717, 1.165) is 0 Å². The van der Waals surface area contributed by atoms with E-state index in [-0.39, 0.29) is 31.0 Å². The molecule has 0 aliphatic carbocycles. The van der Waals surface area contributed by atoms with Gasteiger partial charge in [0.25, 0.3) is 3.79 Å². The molecule has 0 N–H and O–H groups in total. The first kappa shape index (κ1) is 17.2. The normalized spacial score (nSPS) is 11.6. The maximum atomic E-state index is 11.4. The molecule has 0 amide bonds. The van der Waals surface area contributed by atoms with Crippen LogP contribution in [0.15, 0.2) is 0 Å². The Morgan fingerprint density at radius 3 is 1.64 bits per heavy atom. The third kappa shape index (κ3) is 6.31. The van der Waals surface area contributed by atoms with Gasteiger partial charge in [0.15, 0.2) is 0 Å². The molecule has 14 heavy (non-hydrogen) atoms. The average Bonchev–Trinajstić information content (AvgIpc) is 1.82. The van der Waals surface area contributed by atoms with E-state index in [1.807, 2.05) is 0 Å². The number of halogens is 6. The van der Waals surface area contributed by atoms with Crippen LogP contribution in [-0.4, -0.2) is 21.9 Å². The molecule has 0 spiro atoms. The molecule has 0 atom stereocenters. The summed E-state index contributed by atoms with van der Waals surface area (Å²) in [6.07, 6.45) is -5.30. The topological polar surface area (TPSA) is 43.4 Å². The summed E-state index contributed by atoms with van der Waals surface area (Å²) in [4.78, 5) is 20.4. The number of hydrogen-bond acceptors (Lipinski definition) is 3. The van der Waals surface area contributed by atoms with Crippen molar-refractivity contribution in [2.75, 3.05) is 0 Å². The van der Waals surface area contributed by atoms with Gasteiger partial charge in [-0.2, -0.15) is 13.2 Å². The van der Waals surface area contributed by atoms with Gasteiger partial charge in [-0.05, 0) is 0 Å². The molecular weight excluding hydrogens is 282 g/mol. The first-order valence-corrected chi connectivity index (χ1v) is 3.58. The van der Waals surface area contributed by atoms with Crippen molar-refractivity contribution in [1.82, 2.24) is 0 Å². The van der Waals surface area contributed by atoms with Crippen molar-refractivity contribution in [3.8, 4) is 0 Å². The minimum Gasteiger partial charge on any atom is -1.00 e. The van der Waals surface area contributed by atoms with Crippen LogP contribution in [0.1, 0.15) is 1.43 Å². The summed E-state index contributed by atoms with van der Waals surface area (Å²) in [6.45, 7) is 0. The van der Waals surface area contributed by atoms with E-state index in [1.54, 1.807) is 0 Å². The summed E-state index contributed by atoms with van der Waals surface area (Å²) >= 11 is 14.4. The van der Waals surface area contributed by atoms with Gasteiger partial charge >= 0.3 is 47.7 Å². The van der Waals surface area contributed by atoms with Crippen molar-refractivity contribution < 1.29 is 58.5 Å². The summed E-state index contributed by atoms with van der Waals surface area (Å²) in [5, 5.41) is 0. The van der Waals surface area contributed by atoms with Gasteiger partial charge in [-0.3, -0.25) is 0 Å². The van der Waals surface area contributed by atoms with Gasteiger partial charge in [0.05, 0.1) is 0 Å². The van der Waals surface area contributed by atoms with Crippen LogP contribution in [0, 0.1) is 0 Å². The molecule has 0 aliphatic heterocycles. The summed E-state index contributed by atoms with van der Waals surface area (Å²) in [6, 6.07) is 0. The van der Waals surface area contributed by atoms with Crippen LogP contribution < -0.4 is 29.6 Å². The Morgan fingerprint density at radius 2 is 1.43 bits per heavy atom. The first-order chi connectivity index (χ1) is 5.55. The van der Waals surface area contributed by atoms with Gasteiger partial charge in [-0.25, -0.2) is 9.59 Å². The fourth-order valence-electron chi connectivity index (χ4n) is 0.200. The van der Waals surface area contributed by atoms with E-state index in [4.69, 9.17) is 34.8 Å². The largest absolute Gasteiger partial charge is 1.00 e. The van der Waals surface area contributed by atoms with Gasteiger partial charge in [-0.1, -0.05) is 34.8 Å². The smallest absolute Gasteiger partial charge is 1.00 e. The summed E-state index contributed by atoms with van der Waals surface area (Å²) in [7, 11) is 0. The number of carbonyl (C=O) groups is 2. The molecule has 0 bridgehead atoms. The van der Waals surface area contributed by atoms with E-state index >= 15 is 0 Å². The molecule has 0 rings (SSSR count). The van der Waals surface area contributed by atoms with Crippen molar-refractivity contribution >= 4 is 46.7 Å². The average molecular weight is 283 g/mol. The minimum absolute atomic E-state index is 0. The molecule has 0 aromatic rings. The van der Waals surface area contributed by atoms with Crippen LogP contribution in [0.2, 0.25) is 0 Å². The standard InChI is InChI=1S/C4Cl3F3O3.Na.H/c5-3(6,7)1(11)13-2(12)4(8,9)10;;/q;+1;-1. The number of hydrogen-bond donors (Lipinski definition) is 0. The van der Waals surface area contributed by atoms with Gasteiger partial charge in [0.1, 0.15) is 0 Å². The van der Waals surface area contributed by atoms with Gasteiger partial charge < -0.3 is 6.16 Å². The zero-order valence-corrected chi connectivity index (χ0v) is 10.8. The maximum Gasteiger partial charge on any atom is 1.00 e. The third-order valence-electron chi connectivity index (χ3n) is 0.648. The summed E-state index contributed by atoms with van der Waals surface area (Å²) < 4.78 is 34.8. The molecule has 0 radical (unpaired) electrons. The van der Waals surface area contributed by atoms with Crippen molar-refractivity contribution in [2.45, 2.75) is 9.97 Å². The second kappa shape index (κ2) is 5.77. The van der Waals surface area contributed by atoms with E-state index in [1.165, 1.54) is 0 Å². The Morgan fingerprint density at radius 1 is 1.07 bits per heavy atom. The third-order valence-corrected chi connectivity index (χ3v) is 1.11. The van der Waals surface area contributed by atoms with Crippen LogP contribution >= 0.6 is 34.8 Å². The number of rotatable bonds is 0. The predicted molar refractivity (Wildman–Crippen MR) is 38.6 cm³/mol. The number of alkyl halides is 6. The molecule has 0 saturated heterocycles. The zero-order valence-electron chi connectivity index (χ0n) is 7.49. The molecule has 0 saturated carbocycles. The molecule has 0 unspecified atom stereocenters. The van der Waals surface area contributed by atoms with Crippen LogP contribution in [0.5, 0.6) is 0 Å². The SMILES string of the molecule is O=C(OC(=O)C(Cl)(Cl)Cl)C(F)(F)F.[H-].[Na+]. The molecule has 0 aliphatic rings. The number of carbonyl (C=O) groups excluding carboxylic acids is 2. The molecule has 0 heterocycles. The Hall–Kier alpha value is 0.800. The fraction of sp³-hybridized carbons (Fsp3) is 0.500. The molecule has 3 nitrogen and oxygen atoms in total. The monoisotopic (exact) mass is 282 g/mol. The number of esters is 2. The summed E-state index contributed by atoms with van der Waals surface area (Å²) in [5.41, 5.74) is 0. The Bertz CT molecular complexity index is 218. The van der Waals surface area contributed by atoms with Gasteiger partial charge in [-0.15, -0.1) is 0 Å². The molecule has 10 heteroatoms. The molecule has 0 fully saturated rings. The Labute approximate surface area is 115 Å². The van der Waals surface area contributed by atoms with Crippen molar-refractivity contribution in [2.24, 2.45) is 0 Å². The van der Waals surface area contributed by atoms with E-state index < -0.39 is 21.9 Å².